The molecule has 0 amide bonds. The summed E-state index contributed by atoms with van der Waals surface area (Å²) < 4.78 is 13.1. The Hall–Kier alpha value is -2.03. The van der Waals surface area contributed by atoms with Crippen LogP contribution < -0.4 is 11.1 Å². The maximum Gasteiger partial charge on any atom is 0.127 e. The van der Waals surface area contributed by atoms with Crippen molar-refractivity contribution in [2.75, 3.05) is 17.6 Å². The highest BCUT2D eigenvalue weighted by Crippen LogP contribution is 2.15. The van der Waals surface area contributed by atoms with Crippen LogP contribution in [0, 0.1) is 5.82 Å². The molecule has 0 saturated heterocycles. The fourth-order valence-electron chi connectivity index (χ4n) is 1.88. The van der Waals surface area contributed by atoms with Crippen LogP contribution in [0.4, 0.5) is 15.8 Å². The van der Waals surface area contributed by atoms with Crippen molar-refractivity contribution in [3.63, 3.8) is 0 Å². The Morgan fingerprint density at radius 3 is 2.56 bits per heavy atom. The minimum absolute atomic E-state index is 0.305. The van der Waals surface area contributed by atoms with Gasteiger partial charge in [0.2, 0.25) is 0 Å². The monoisotopic (exact) mass is 244 g/mol. The van der Waals surface area contributed by atoms with Crippen molar-refractivity contribution in [2.45, 2.75) is 12.8 Å². The maximum atomic E-state index is 13.1. The van der Waals surface area contributed by atoms with Crippen molar-refractivity contribution < 1.29 is 4.39 Å². The van der Waals surface area contributed by atoms with Crippen molar-refractivity contribution in [1.29, 1.82) is 0 Å². The predicted molar refractivity (Wildman–Crippen MR) is 74.1 cm³/mol. The minimum atomic E-state index is -0.305. The minimum Gasteiger partial charge on any atom is -0.399 e. The second-order valence-electron chi connectivity index (χ2n) is 4.29. The number of nitrogens with one attached hydrogen (secondary N) is 1. The van der Waals surface area contributed by atoms with Gasteiger partial charge in [0.05, 0.1) is 0 Å². The first-order valence-electron chi connectivity index (χ1n) is 6.08. The van der Waals surface area contributed by atoms with Gasteiger partial charge in [0, 0.05) is 17.9 Å². The third-order valence-corrected chi connectivity index (χ3v) is 2.73. The Morgan fingerprint density at radius 1 is 1.06 bits per heavy atom. The van der Waals surface area contributed by atoms with Gasteiger partial charge >= 0.3 is 0 Å². The van der Waals surface area contributed by atoms with Gasteiger partial charge in [0.1, 0.15) is 5.82 Å². The zero-order valence-corrected chi connectivity index (χ0v) is 10.2. The maximum absolute atomic E-state index is 13.1. The molecule has 2 aromatic rings. The molecular weight excluding hydrogens is 227 g/mol. The first kappa shape index (κ1) is 12.4. The van der Waals surface area contributed by atoms with Crippen molar-refractivity contribution in [1.82, 2.24) is 0 Å². The van der Waals surface area contributed by atoms with Gasteiger partial charge < -0.3 is 11.1 Å². The molecule has 2 aromatic carbocycles. The average molecular weight is 244 g/mol. The van der Waals surface area contributed by atoms with E-state index in [4.69, 9.17) is 5.73 Å². The Kier molecular flexibility index (Phi) is 4.18. The van der Waals surface area contributed by atoms with E-state index in [2.05, 4.69) is 17.4 Å². The van der Waals surface area contributed by atoms with Gasteiger partial charge in [-0.05, 0) is 36.6 Å². The highest BCUT2D eigenvalue weighted by atomic mass is 19.1. The summed E-state index contributed by atoms with van der Waals surface area (Å²) in [5.74, 6) is -0.305. The molecule has 0 heterocycles. The van der Waals surface area contributed by atoms with Gasteiger partial charge in [-0.15, -0.1) is 0 Å². The van der Waals surface area contributed by atoms with Crippen LogP contribution in [-0.4, -0.2) is 6.54 Å². The number of benzene rings is 2. The van der Waals surface area contributed by atoms with Gasteiger partial charge in [0.15, 0.2) is 0 Å². The highest BCUT2D eigenvalue weighted by Gasteiger charge is 1.98. The van der Waals surface area contributed by atoms with Crippen LogP contribution in [0.2, 0.25) is 0 Å². The van der Waals surface area contributed by atoms with Gasteiger partial charge in [0.25, 0.3) is 0 Å². The lowest BCUT2D eigenvalue weighted by molar-refractivity contribution is 0.629. The number of nitrogen functional groups attached to an aromatic ring is 1. The van der Waals surface area contributed by atoms with Crippen molar-refractivity contribution in [3.05, 3.63) is 59.9 Å². The fourth-order valence-corrected chi connectivity index (χ4v) is 1.88. The number of hydrogen-bond donors (Lipinski definition) is 2. The molecule has 3 heteroatoms. The molecule has 18 heavy (non-hydrogen) atoms. The van der Waals surface area contributed by atoms with E-state index in [9.17, 15) is 4.39 Å². The number of aryl methyl sites for hydroxylation is 1. The molecule has 2 rings (SSSR count). The third kappa shape index (κ3) is 3.77. The summed E-state index contributed by atoms with van der Waals surface area (Å²) in [7, 11) is 0. The standard InChI is InChI=1S/C15H17FN2/c16-13-9-14(17)11-15(10-13)18-8-4-7-12-5-2-1-3-6-12/h1-3,5-6,9-11,18H,4,7-8,17H2. The average Bonchev–Trinajstić information content (AvgIpc) is 2.35. The molecule has 0 aliphatic carbocycles. The largest absolute Gasteiger partial charge is 0.399 e. The predicted octanol–water partition coefficient (Wildman–Crippen LogP) is 3.45. The molecule has 2 nitrogen and oxygen atoms in total. The SMILES string of the molecule is Nc1cc(F)cc(NCCCc2ccccc2)c1. The zero-order chi connectivity index (χ0) is 12.8. The molecule has 0 aromatic heterocycles. The van der Waals surface area contributed by atoms with Crippen LogP contribution in [0.25, 0.3) is 0 Å². The lowest BCUT2D eigenvalue weighted by Gasteiger charge is -2.07. The Labute approximate surface area is 107 Å². The number of rotatable bonds is 5. The highest BCUT2D eigenvalue weighted by molar-refractivity contribution is 5.54. The van der Waals surface area contributed by atoms with Crippen LogP contribution in [-0.2, 0) is 6.42 Å². The van der Waals surface area contributed by atoms with E-state index in [0.29, 0.717) is 5.69 Å². The molecule has 0 aliphatic rings. The van der Waals surface area contributed by atoms with Gasteiger partial charge in [-0.3, -0.25) is 0 Å². The number of halogens is 1. The van der Waals surface area contributed by atoms with E-state index < -0.39 is 0 Å². The van der Waals surface area contributed by atoms with Crippen LogP contribution in [0.1, 0.15) is 12.0 Å². The van der Waals surface area contributed by atoms with Crippen LogP contribution >= 0.6 is 0 Å². The van der Waals surface area contributed by atoms with E-state index in [1.807, 2.05) is 18.2 Å². The quantitative estimate of drug-likeness (QED) is 0.624. The molecular formula is C15H17FN2. The molecule has 0 unspecified atom stereocenters. The van der Waals surface area contributed by atoms with E-state index in [-0.39, 0.29) is 5.82 Å². The first-order chi connectivity index (χ1) is 8.74. The zero-order valence-electron chi connectivity index (χ0n) is 10.2. The molecule has 0 atom stereocenters. The third-order valence-electron chi connectivity index (χ3n) is 2.73. The van der Waals surface area contributed by atoms with Crippen LogP contribution in [0.15, 0.2) is 48.5 Å². The van der Waals surface area contributed by atoms with Crippen LogP contribution in [0.5, 0.6) is 0 Å². The van der Waals surface area contributed by atoms with Gasteiger partial charge in [-0.2, -0.15) is 0 Å². The van der Waals surface area contributed by atoms with E-state index in [1.54, 1.807) is 6.07 Å². The molecule has 0 bridgehead atoms. The summed E-state index contributed by atoms with van der Waals surface area (Å²) in [6, 6.07) is 14.8. The van der Waals surface area contributed by atoms with E-state index in [1.165, 1.54) is 17.7 Å². The van der Waals surface area contributed by atoms with E-state index >= 15 is 0 Å². The molecule has 0 saturated carbocycles. The van der Waals surface area contributed by atoms with Gasteiger partial charge in [-0.1, -0.05) is 30.3 Å². The number of nitrogens with two attached hydrogens (primary N) is 1. The summed E-state index contributed by atoms with van der Waals surface area (Å²) in [6.45, 7) is 0.803. The Bertz CT molecular complexity index is 477. The fraction of sp³-hybridized carbons (Fsp3) is 0.200. The molecule has 3 N–H and O–H groups in total. The summed E-state index contributed by atoms with van der Waals surface area (Å²) in [4.78, 5) is 0. The molecule has 0 aliphatic heterocycles. The van der Waals surface area contributed by atoms with Crippen molar-refractivity contribution in [3.8, 4) is 0 Å². The Balaban J connectivity index is 1.78. The van der Waals surface area contributed by atoms with Crippen molar-refractivity contribution >= 4 is 11.4 Å². The molecule has 0 fully saturated rings. The Morgan fingerprint density at radius 2 is 1.83 bits per heavy atom. The summed E-state index contributed by atoms with van der Waals surface area (Å²) >= 11 is 0. The van der Waals surface area contributed by atoms with Crippen molar-refractivity contribution in [2.24, 2.45) is 0 Å². The number of anilines is 2. The lowest BCUT2D eigenvalue weighted by atomic mass is 10.1. The second kappa shape index (κ2) is 6.05. The second-order valence-corrected chi connectivity index (χ2v) is 4.29. The van der Waals surface area contributed by atoms with Gasteiger partial charge in [-0.25, -0.2) is 4.39 Å². The van der Waals surface area contributed by atoms with Crippen LogP contribution in [0.3, 0.4) is 0 Å². The molecule has 0 spiro atoms. The normalized spacial score (nSPS) is 10.3. The number of hydrogen-bond acceptors (Lipinski definition) is 2. The topological polar surface area (TPSA) is 38.0 Å². The molecule has 94 valence electrons. The summed E-state index contributed by atoms with van der Waals surface area (Å²) in [5, 5.41) is 3.18. The smallest absolute Gasteiger partial charge is 0.127 e. The molecule has 0 radical (unpaired) electrons. The summed E-state index contributed by atoms with van der Waals surface area (Å²) in [6.07, 6.45) is 2.01. The first-order valence-corrected chi connectivity index (χ1v) is 6.08. The van der Waals surface area contributed by atoms with E-state index in [0.717, 1.165) is 25.1 Å². The lowest BCUT2D eigenvalue weighted by Crippen LogP contribution is -2.03. The summed E-state index contributed by atoms with van der Waals surface area (Å²) in [5.41, 5.74) is 8.07.